The van der Waals surface area contributed by atoms with Crippen LogP contribution >= 0.6 is 11.3 Å². The molecular formula is C18H21NS. The second-order valence-corrected chi connectivity index (χ2v) is 7.34. The van der Waals surface area contributed by atoms with Crippen LogP contribution in [0.4, 0.5) is 0 Å². The Kier molecular flexibility index (Phi) is 4.30. The van der Waals surface area contributed by atoms with E-state index < -0.39 is 0 Å². The highest BCUT2D eigenvalue weighted by atomic mass is 32.1. The summed E-state index contributed by atoms with van der Waals surface area (Å²) in [6.07, 6.45) is 1.94. The van der Waals surface area contributed by atoms with Gasteiger partial charge in [-0.1, -0.05) is 52.7 Å². The fourth-order valence-corrected chi connectivity index (χ4v) is 2.58. The number of nitrogens with zero attached hydrogens (tertiary/aromatic N) is 1. The minimum absolute atomic E-state index is 0.149. The molecule has 0 N–H and O–H groups in total. The quantitative estimate of drug-likeness (QED) is 0.674. The molecule has 0 aliphatic heterocycles. The van der Waals surface area contributed by atoms with Crippen molar-refractivity contribution >= 4 is 11.3 Å². The van der Waals surface area contributed by atoms with E-state index in [1.54, 1.807) is 11.3 Å². The Morgan fingerprint density at radius 2 is 1.70 bits per heavy atom. The van der Waals surface area contributed by atoms with Gasteiger partial charge in [-0.05, 0) is 34.9 Å². The van der Waals surface area contributed by atoms with Crippen molar-refractivity contribution in [1.82, 2.24) is 4.98 Å². The number of thiazole rings is 1. The van der Waals surface area contributed by atoms with Crippen LogP contribution in [0.5, 0.6) is 0 Å². The summed E-state index contributed by atoms with van der Waals surface area (Å²) in [6.45, 7) is 11.0. The van der Waals surface area contributed by atoms with Gasteiger partial charge in [0.15, 0.2) is 5.01 Å². The predicted molar refractivity (Wildman–Crippen MR) is 87.3 cm³/mol. The molecule has 0 bridgehead atoms. The summed E-state index contributed by atoms with van der Waals surface area (Å²) >= 11 is 1.68. The fraction of sp³-hybridized carbons (Fsp3) is 0.389. The van der Waals surface area contributed by atoms with Gasteiger partial charge in [-0.3, -0.25) is 0 Å². The van der Waals surface area contributed by atoms with Gasteiger partial charge < -0.3 is 0 Å². The van der Waals surface area contributed by atoms with E-state index in [1.165, 1.54) is 10.4 Å². The van der Waals surface area contributed by atoms with Crippen molar-refractivity contribution in [2.24, 2.45) is 0 Å². The van der Waals surface area contributed by atoms with Crippen LogP contribution in [0.3, 0.4) is 0 Å². The Labute approximate surface area is 126 Å². The third-order valence-corrected chi connectivity index (χ3v) is 4.47. The second-order valence-electron chi connectivity index (χ2n) is 6.31. The highest BCUT2D eigenvalue weighted by molar-refractivity contribution is 7.12. The van der Waals surface area contributed by atoms with Crippen molar-refractivity contribution in [2.75, 3.05) is 0 Å². The Bertz CT molecular complexity index is 631. The van der Waals surface area contributed by atoms with E-state index in [0.717, 1.165) is 10.6 Å². The van der Waals surface area contributed by atoms with Crippen LogP contribution in [0.25, 0.3) is 0 Å². The smallest absolute Gasteiger partial charge is 0.167 e. The lowest BCUT2D eigenvalue weighted by Gasteiger charge is -2.13. The Morgan fingerprint density at radius 3 is 2.20 bits per heavy atom. The molecule has 1 aromatic heterocycles. The standard InChI is InChI=1S/C18H21NS/c1-13(2)15-9-6-14(7-10-15)8-11-17-19-12-16(20-17)18(3,4)5/h6-7,9-10,12-13H,1-5H3. The highest BCUT2D eigenvalue weighted by Gasteiger charge is 2.16. The van der Waals surface area contributed by atoms with Gasteiger partial charge in [0.2, 0.25) is 0 Å². The van der Waals surface area contributed by atoms with Crippen molar-refractivity contribution in [1.29, 1.82) is 0 Å². The molecule has 0 saturated heterocycles. The van der Waals surface area contributed by atoms with E-state index >= 15 is 0 Å². The zero-order valence-electron chi connectivity index (χ0n) is 12.8. The summed E-state index contributed by atoms with van der Waals surface area (Å²) < 4.78 is 0. The molecular weight excluding hydrogens is 262 g/mol. The maximum absolute atomic E-state index is 4.39. The second kappa shape index (κ2) is 5.81. The molecule has 0 fully saturated rings. The third kappa shape index (κ3) is 3.71. The monoisotopic (exact) mass is 283 g/mol. The van der Waals surface area contributed by atoms with E-state index in [2.05, 4.69) is 75.7 Å². The van der Waals surface area contributed by atoms with E-state index in [0.29, 0.717) is 5.92 Å². The minimum atomic E-state index is 0.149. The lowest BCUT2D eigenvalue weighted by molar-refractivity contribution is 0.602. The van der Waals surface area contributed by atoms with Crippen LogP contribution in [-0.4, -0.2) is 4.98 Å². The van der Waals surface area contributed by atoms with Crippen LogP contribution in [0, 0.1) is 11.8 Å². The van der Waals surface area contributed by atoms with Gasteiger partial charge in [0.1, 0.15) is 0 Å². The Balaban J connectivity index is 2.16. The fourth-order valence-electron chi connectivity index (χ4n) is 1.76. The molecule has 0 radical (unpaired) electrons. The lowest BCUT2D eigenvalue weighted by atomic mass is 9.96. The normalized spacial score (nSPS) is 11.3. The van der Waals surface area contributed by atoms with E-state index in [9.17, 15) is 0 Å². The average Bonchev–Trinajstić information content (AvgIpc) is 2.85. The van der Waals surface area contributed by atoms with E-state index in [4.69, 9.17) is 0 Å². The number of aromatic nitrogens is 1. The third-order valence-electron chi connectivity index (χ3n) is 3.14. The first-order chi connectivity index (χ1) is 9.36. The molecule has 0 spiro atoms. The number of benzene rings is 1. The van der Waals surface area contributed by atoms with Crippen molar-refractivity contribution < 1.29 is 0 Å². The number of hydrogen-bond donors (Lipinski definition) is 0. The topological polar surface area (TPSA) is 12.9 Å². The summed E-state index contributed by atoms with van der Waals surface area (Å²) in [5.41, 5.74) is 2.54. The first-order valence-corrected chi connectivity index (χ1v) is 7.76. The first-order valence-electron chi connectivity index (χ1n) is 6.94. The van der Waals surface area contributed by atoms with Gasteiger partial charge in [0.05, 0.1) is 0 Å². The molecule has 0 amide bonds. The molecule has 1 nitrogen and oxygen atoms in total. The van der Waals surface area contributed by atoms with Gasteiger partial charge >= 0.3 is 0 Å². The maximum atomic E-state index is 4.39. The van der Waals surface area contributed by atoms with Crippen LogP contribution < -0.4 is 0 Å². The summed E-state index contributed by atoms with van der Waals surface area (Å²) in [5.74, 6) is 6.91. The number of hydrogen-bond acceptors (Lipinski definition) is 2. The molecule has 20 heavy (non-hydrogen) atoms. The highest BCUT2D eigenvalue weighted by Crippen LogP contribution is 2.27. The maximum Gasteiger partial charge on any atom is 0.167 e. The Morgan fingerprint density at radius 1 is 1.05 bits per heavy atom. The molecule has 0 saturated carbocycles. The van der Waals surface area contributed by atoms with Gasteiger partial charge in [0.25, 0.3) is 0 Å². The molecule has 104 valence electrons. The molecule has 0 aliphatic rings. The molecule has 0 unspecified atom stereocenters. The van der Waals surface area contributed by atoms with Crippen LogP contribution in [0.2, 0.25) is 0 Å². The van der Waals surface area contributed by atoms with Crippen LogP contribution in [0.15, 0.2) is 30.5 Å². The van der Waals surface area contributed by atoms with Gasteiger partial charge in [0, 0.05) is 16.6 Å². The summed E-state index contributed by atoms with van der Waals surface area (Å²) in [4.78, 5) is 5.66. The molecule has 0 aliphatic carbocycles. The zero-order valence-corrected chi connectivity index (χ0v) is 13.6. The molecule has 1 heterocycles. The van der Waals surface area contributed by atoms with E-state index in [1.807, 2.05) is 6.20 Å². The molecule has 2 aromatic rings. The lowest BCUT2D eigenvalue weighted by Crippen LogP contribution is -2.07. The largest absolute Gasteiger partial charge is 0.236 e. The summed E-state index contributed by atoms with van der Waals surface area (Å²) in [5, 5.41) is 0.892. The zero-order chi connectivity index (χ0) is 14.8. The van der Waals surface area contributed by atoms with E-state index in [-0.39, 0.29) is 5.41 Å². The minimum Gasteiger partial charge on any atom is -0.236 e. The molecule has 1 aromatic carbocycles. The van der Waals surface area contributed by atoms with Crippen LogP contribution in [0.1, 0.15) is 61.5 Å². The predicted octanol–water partition coefficient (Wildman–Crippen LogP) is 4.96. The van der Waals surface area contributed by atoms with Crippen molar-refractivity contribution in [3.05, 3.63) is 51.5 Å². The SMILES string of the molecule is CC(C)c1ccc(C#Cc2ncc(C(C)(C)C)s2)cc1. The van der Waals surface area contributed by atoms with Crippen molar-refractivity contribution in [3.63, 3.8) is 0 Å². The van der Waals surface area contributed by atoms with Crippen LogP contribution in [-0.2, 0) is 5.41 Å². The summed E-state index contributed by atoms with van der Waals surface area (Å²) in [7, 11) is 0. The summed E-state index contributed by atoms with van der Waals surface area (Å²) in [6, 6.07) is 8.47. The molecule has 2 rings (SSSR count). The van der Waals surface area contributed by atoms with Gasteiger partial charge in [-0.15, -0.1) is 11.3 Å². The van der Waals surface area contributed by atoms with Crippen molar-refractivity contribution in [3.8, 4) is 11.8 Å². The van der Waals surface area contributed by atoms with Crippen molar-refractivity contribution in [2.45, 2.75) is 46.0 Å². The first kappa shape index (κ1) is 14.8. The molecule has 0 atom stereocenters. The van der Waals surface area contributed by atoms with Gasteiger partial charge in [-0.2, -0.15) is 0 Å². The average molecular weight is 283 g/mol. The Hall–Kier alpha value is -1.59. The molecule has 2 heteroatoms. The van der Waals surface area contributed by atoms with Gasteiger partial charge in [-0.25, -0.2) is 4.98 Å². The number of rotatable bonds is 1.